The molecule has 0 saturated carbocycles. The minimum atomic E-state index is 2.00. The lowest BCUT2D eigenvalue weighted by Gasteiger charge is -1.90. The molecule has 0 radical (unpaired) electrons. The van der Waals surface area contributed by atoms with Crippen molar-refractivity contribution in [1.82, 2.24) is 4.90 Å². The van der Waals surface area contributed by atoms with Gasteiger partial charge in [0.05, 0.1) is 0 Å². The van der Waals surface area contributed by atoms with E-state index in [0.29, 0.717) is 0 Å². The van der Waals surface area contributed by atoms with Gasteiger partial charge in [0.25, 0.3) is 0 Å². The molecule has 26 valence electrons. The van der Waals surface area contributed by atoms with Crippen molar-refractivity contribution in [2.75, 3.05) is 21.1 Å². The largest absolute Gasteiger partial charge is 0.312 e. The minimum Gasteiger partial charge on any atom is -0.312 e. The van der Waals surface area contributed by atoms with Crippen LogP contribution < -0.4 is 0 Å². The molecule has 0 aliphatic heterocycles. The third-order valence-electron chi connectivity index (χ3n) is 0. The third-order valence-corrected chi connectivity index (χ3v) is 0. The zero-order valence-electron chi connectivity index (χ0n) is 3.45. The second kappa shape index (κ2) is 1.30. The summed E-state index contributed by atoms with van der Waals surface area (Å²) in [5.41, 5.74) is 0. The van der Waals surface area contributed by atoms with Gasteiger partial charge in [0.2, 0.25) is 0 Å². The first kappa shape index (κ1) is 3.96. The predicted octanol–water partition coefficient (Wildman–Crippen LogP) is 0.178. The van der Waals surface area contributed by atoms with E-state index in [2.05, 4.69) is 0 Å². The Hall–Kier alpha value is -0.0400. The zero-order valence-corrected chi connectivity index (χ0v) is 3.45. The SMILES string of the molecule is CN(C)[14CH3]. The van der Waals surface area contributed by atoms with Crippen molar-refractivity contribution in [2.45, 2.75) is 0 Å². The fourth-order valence-corrected chi connectivity index (χ4v) is 0. The van der Waals surface area contributed by atoms with Crippen molar-refractivity contribution in [3.63, 3.8) is 0 Å². The average Bonchev–Trinajstić information content (AvgIpc) is 0.811. The highest BCUT2D eigenvalue weighted by Crippen LogP contribution is 1.47. The smallest absolute Gasteiger partial charge is 0.0140 e. The Kier molecular flexibility index (Phi) is 1.28. The summed E-state index contributed by atoms with van der Waals surface area (Å²) < 4.78 is 0. The number of rotatable bonds is 0. The monoisotopic (exact) mass is 61.1 g/mol. The molecular weight excluding hydrogens is 52.0 g/mol. The van der Waals surface area contributed by atoms with Crippen LogP contribution in [-0.4, -0.2) is 26.0 Å². The van der Waals surface area contributed by atoms with Crippen LogP contribution in [0.15, 0.2) is 0 Å². The van der Waals surface area contributed by atoms with Gasteiger partial charge >= 0.3 is 0 Å². The third kappa shape index (κ3) is 1130. The van der Waals surface area contributed by atoms with E-state index >= 15 is 0 Å². The quantitative estimate of drug-likeness (QED) is 0.386. The van der Waals surface area contributed by atoms with Crippen LogP contribution >= 0.6 is 0 Å². The molecule has 0 atom stereocenters. The number of hydrogen-bond acceptors (Lipinski definition) is 1. The first-order valence-electron chi connectivity index (χ1n) is 1.34. The van der Waals surface area contributed by atoms with Crippen molar-refractivity contribution in [3.05, 3.63) is 0 Å². The normalized spacial score (nSPS) is 9.00. The van der Waals surface area contributed by atoms with Crippen molar-refractivity contribution < 1.29 is 0 Å². The highest BCUT2D eigenvalue weighted by molar-refractivity contribution is 4.09. The summed E-state index contributed by atoms with van der Waals surface area (Å²) in [5, 5.41) is 0. The van der Waals surface area contributed by atoms with E-state index in [0.717, 1.165) is 0 Å². The van der Waals surface area contributed by atoms with E-state index < -0.39 is 0 Å². The summed E-state index contributed by atoms with van der Waals surface area (Å²) in [6.07, 6.45) is 0. The second-order valence-electron chi connectivity index (χ2n) is 1.34. The lowest BCUT2D eigenvalue weighted by Crippen LogP contribution is -1.99. The van der Waals surface area contributed by atoms with E-state index in [9.17, 15) is 0 Å². The molecule has 0 N–H and O–H groups in total. The first-order chi connectivity index (χ1) is 1.73. The lowest BCUT2D eigenvalue weighted by molar-refractivity contribution is 0.505. The summed E-state index contributed by atoms with van der Waals surface area (Å²) in [5.74, 6) is 0. The molecule has 0 aliphatic rings. The summed E-state index contributed by atoms with van der Waals surface area (Å²) >= 11 is 0. The Morgan fingerprint density at radius 2 is 1.50 bits per heavy atom. The molecule has 0 saturated heterocycles. The van der Waals surface area contributed by atoms with Gasteiger partial charge in [-0.15, -0.1) is 0 Å². The van der Waals surface area contributed by atoms with Crippen LogP contribution in [-0.2, 0) is 0 Å². The maximum Gasteiger partial charge on any atom is -0.0140 e. The molecule has 0 amide bonds. The van der Waals surface area contributed by atoms with E-state index in [1.807, 2.05) is 26.0 Å². The molecule has 0 aliphatic carbocycles. The summed E-state index contributed by atoms with van der Waals surface area (Å²) in [6, 6.07) is 0. The Bertz CT molecular complexity index is 8.00. The molecular formula is C3H9N. The van der Waals surface area contributed by atoms with Gasteiger partial charge in [0.1, 0.15) is 0 Å². The van der Waals surface area contributed by atoms with Gasteiger partial charge in [-0.3, -0.25) is 0 Å². The van der Waals surface area contributed by atoms with Crippen molar-refractivity contribution in [2.24, 2.45) is 0 Å². The molecule has 1 heteroatoms. The molecule has 0 bridgehead atoms. The van der Waals surface area contributed by atoms with Crippen LogP contribution in [0.2, 0.25) is 0 Å². The van der Waals surface area contributed by atoms with Crippen molar-refractivity contribution in [1.29, 1.82) is 0 Å². The minimum absolute atomic E-state index is 2.00. The molecule has 0 unspecified atom stereocenters. The fraction of sp³-hybridized carbons (Fsp3) is 1.00. The standard InChI is InChI=1S/C3H9N/c1-4(2)3/h1-3H3/i1+2. The summed E-state index contributed by atoms with van der Waals surface area (Å²) in [7, 11) is 6.00. The van der Waals surface area contributed by atoms with Crippen molar-refractivity contribution >= 4 is 0 Å². The molecule has 1 nitrogen and oxygen atoms in total. The molecule has 0 fully saturated rings. The maximum absolute atomic E-state index is 2.00. The first-order valence-corrected chi connectivity index (χ1v) is 1.34. The molecule has 0 aromatic rings. The highest BCUT2D eigenvalue weighted by Gasteiger charge is 1.58. The molecule has 0 spiro atoms. The van der Waals surface area contributed by atoms with E-state index in [4.69, 9.17) is 0 Å². The summed E-state index contributed by atoms with van der Waals surface area (Å²) in [4.78, 5) is 2.00. The van der Waals surface area contributed by atoms with Crippen molar-refractivity contribution in [3.8, 4) is 0 Å². The molecule has 4 heavy (non-hydrogen) atoms. The Morgan fingerprint density at radius 3 is 1.50 bits per heavy atom. The average molecular weight is 61.1 g/mol. The predicted molar refractivity (Wildman–Crippen MR) is 19.6 cm³/mol. The second-order valence-corrected chi connectivity index (χ2v) is 1.34. The van der Waals surface area contributed by atoms with Gasteiger partial charge in [-0.25, -0.2) is 0 Å². The Labute approximate surface area is 27.2 Å². The van der Waals surface area contributed by atoms with Gasteiger partial charge in [0.15, 0.2) is 0 Å². The Morgan fingerprint density at radius 1 is 1.50 bits per heavy atom. The number of nitrogens with zero attached hydrogens (tertiary/aromatic N) is 1. The molecule has 0 heterocycles. The maximum atomic E-state index is 2.00. The van der Waals surface area contributed by atoms with E-state index in [-0.39, 0.29) is 0 Å². The van der Waals surface area contributed by atoms with Gasteiger partial charge in [-0.1, -0.05) is 0 Å². The van der Waals surface area contributed by atoms with Gasteiger partial charge < -0.3 is 4.90 Å². The molecule has 0 aromatic heterocycles. The van der Waals surface area contributed by atoms with Gasteiger partial charge in [-0.05, 0) is 21.1 Å². The highest BCUT2D eigenvalue weighted by atomic mass is 15.3. The van der Waals surface area contributed by atoms with Crippen LogP contribution in [0.3, 0.4) is 0 Å². The molecule has 0 aromatic carbocycles. The van der Waals surface area contributed by atoms with E-state index in [1.54, 1.807) is 0 Å². The molecule has 0 rings (SSSR count). The van der Waals surface area contributed by atoms with Gasteiger partial charge in [0, 0.05) is 0 Å². The number of hydrogen-bond donors (Lipinski definition) is 0. The van der Waals surface area contributed by atoms with Crippen LogP contribution in [0.25, 0.3) is 0 Å². The fourth-order valence-electron chi connectivity index (χ4n) is 0. The topological polar surface area (TPSA) is 3.24 Å². The van der Waals surface area contributed by atoms with E-state index in [1.165, 1.54) is 0 Å². The van der Waals surface area contributed by atoms with Crippen LogP contribution in [0.1, 0.15) is 0 Å². The summed E-state index contributed by atoms with van der Waals surface area (Å²) in [6.45, 7) is 0. The van der Waals surface area contributed by atoms with Crippen LogP contribution in [0.5, 0.6) is 0 Å². The van der Waals surface area contributed by atoms with Crippen LogP contribution in [0.4, 0.5) is 0 Å². The zero-order chi connectivity index (χ0) is 3.58. The van der Waals surface area contributed by atoms with Crippen LogP contribution in [0, 0.1) is 0 Å². The van der Waals surface area contributed by atoms with Gasteiger partial charge in [-0.2, -0.15) is 0 Å². The lowest BCUT2D eigenvalue weighted by atomic mass is 11.2. The Balaban J connectivity index is 2.32.